The fourth-order valence-corrected chi connectivity index (χ4v) is 3.55. The van der Waals surface area contributed by atoms with E-state index in [2.05, 4.69) is 22.9 Å². The topological polar surface area (TPSA) is 73.8 Å². The number of nitrogens with zero attached hydrogens (tertiary/aromatic N) is 5. The monoisotopic (exact) mass is 381 g/mol. The highest BCUT2D eigenvalue weighted by molar-refractivity contribution is 6.54. The highest BCUT2D eigenvalue weighted by Gasteiger charge is 2.32. The highest BCUT2D eigenvalue weighted by atomic mass is 16.2. The third kappa shape index (κ3) is 3.34. The maximum Gasteiger partial charge on any atom is 0.279 e. The first-order chi connectivity index (χ1) is 14.2. The number of para-hydroxylation sites is 2. The third-order valence-electron chi connectivity index (χ3n) is 4.85. The van der Waals surface area contributed by atoms with Crippen LogP contribution >= 0.6 is 0 Å². The predicted octanol–water partition coefficient (Wildman–Crippen LogP) is 3.91. The maximum absolute atomic E-state index is 12.8. The number of hydrogen-bond donors (Lipinski definition) is 0. The molecule has 142 valence electrons. The Balaban J connectivity index is 1.69. The van der Waals surface area contributed by atoms with Crippen molar-refractivity contribution in [3.63, 3.8) is 0 Å². The number of anilines is 1. The van der Waals surface area contributed by atoms with Crippen LogP contribution in [0.25, 0.3) is 10.9 Å². The summed E-state index contributed by atoms with van der Waals surface area (Å²) in [6, 6.07) is 17.7. The van der Waals surface area contributed by atoms with Gasteiger partial charge in [-0.15, -0.1) is 11.7 Å². The molecule has 29 heavy (non-hydrogen) atoms. The summed E-state index contributed by atoms with van der Waals surface area (Å²) in [7, 11) is 0. The number of carbonyl (C=O) groups is 1. The second-order valence-corrected chi connectivity index (χ2v) is 6.62. The van der Waals surface area contributed by atoms with Crippen molar-refractivity contribution in [3.05, 3.63) is 78.5 Å². The molecule has 0 bridgehead atoms. The summed E-state index contributed by atoms with van der Waals surface area (Å²) in [4.78, 5) is 14.4. The summed E-state index contributed by atoms with van der Waals surface area (Å²) in [5, 5.41) is 18.4. The lowest BCUT2D eigenvalue weighted by Crippen LogP contribution is -2.30. The minimum atomic E-state index is -0.181. The van der Waals surface area contributed by atoms with Crippen LogP contribution in [0.5, 0.6) is 0 Å². The minimum Gasteiger partial charge on any atom is -0.346 e. The highest BCUT2D eigenvalue weighted by Crippen LogP contribution is 2.29. The van der Waals surface area contributed by atoms with Crippen LogP contribution in [-0.2, 0) is 11.3 Å². The van der Waals surface area contributed by atoms with Crippen molar-refractivity contribution < 1.29 is 4.79 Å². The van der Waals surface area contributed by atoms with E-state index in [-0.39, 0.29) is 5.91 Å². The fourth-order valence-electron chi connectivity index (χ4n) is 3.55. The first kappa shape index (κ1) is 18.4. The van der Waals surface area contributed by atoms with Gasteiger partial charge in [0.15, 0.2) is 5.71 Å². The van der Waals surface area contributed by atoms with Crippen LogP contribution < -0.4 is 4.90 Å². The van der Waals surface area contributed by atoms with Gasteiger partial charge in [0.1, 0.15) is 0 Å². The van der Waals surface area contributed by atoms with Crippen molar-refractivity contribution in [2.75, 3.05) is 11.4 Å². The molecule has 1 amide bonds. The lowest BCUT2D eigenvalue weighted by atomic mass is 10.1. The summed E-state index contributed by atoms with van der Waals surface area (Å²) in [6.45, 7) is 4.76. The number of hydrogen-bond acceptors (Lipinski definition) is 4. The first-order valence-electron chi connectivity index (χ1n) is 9.32. The molecule has 4 rings (SSSR count). The molecule has 0 atom stereocenters. The molecule has 0 saturated carbocycles. The van der Waals surface area contributed by atoms with E-state index in [0.29, 0.717) is 25.2 Å². The molecule has 0 unspecified atom stereocenters. The largest absolute Gasteiger partial charge is 0.346 e. The number of carbonyl (C=O) groups excluding carboxylic acids is 1. The van der Waals surface area contributed by atoms with Gasteiger partial charge >= 0.3 is 0 Å². The summed E-state index contributed by atoms with van der Waals surface area (Å²) in [5.41, 5.74) is 3.85. The van der Waals surface area contributed by atoms with Gasteiger partial charge in [0.25, 0.3) is 5.91 Å². The number of nitriles is 1. The molecule has 0 radical (unpaired) electrons. The van der Waals surface area contributed by atoms with E-state index in [1.165, 1.54) is 0 Å². The third-order valence-corrected chi connectivity index (χ3v) is 4.85. The molecule has 0 fully saturated rings. The Morgan fingerprint density at radius 1 is 1.14 bits per heavy atom. The second-order valence-electron chi connectivity index (χ2n) is 6.62. The van der Waals surface area contributed by atoms with Crippen molar-refractivity contribution in [1.29, 1.82) is 5.26 Å². The Hall–Kier alpha value is -3.98. The number of rotatable bonds is 6. The van der Waals surface area contributed by atoms with E-state index < -0.39 is 0 Å². The van der Waals surface area contributed by atoms with Gasteiger partial charge in [0.2, 0.25) is 0 Å². The number of aryl methyl sites for hydroxylation is 1. The summed E-state index contributed by atoms with van der Waals surface area (Å²) < 4.78 is 2.04. The van der Waals surface area contributed by atoms with Gasteiger partial charge in [0.05, 0.1) is 24.4 Å². The molecule has 1 aromatic heterocycles. The van der Waals surface area contributed by atoms with E-state index in [4.69, 9.17) is 5.26 Å². The van der Waals surface area contributed by atoms with Crippen molar-refractivity contribution in [1.82, 2.24) is 4.57 Å². The lowest BCUT2D eigenvalue weighted by molar-refractivity contribution is -0.112. The molecule has 3 aromatic rings. The quantitative estimate of drug-likeness (QED) is 0.369. The first-order valence-corrected chi connectivity index (χ1v) is 9.32. The van der Waals surface area contributed by atoms with Gasteiger partial charge in [-0.25, -0.2) is 0 Å². The van der Waals surface area contributed by atoms with E-state index >= 15 is 0 Å². The van der Waals surface area contributed by atoms with Crippen molar-refractivity contribution in [2.24, 2.45) is 10.2 Å². The van der Waals surface area contributed by atoms with Crippen LogP contribution in [0.1, 0.15) is 17.5 Å². The number of aromatic nitrogens is 1. The number of amides is 1. The molecule has 6 nitrogen and oxygen atoms in total. The Labute approximate surface area is 168 Å². The fraction of sp³-hybridized carbons (Fsp3) is 0.130. The van der Waals surface area contributed by atoms with Gasteiger partial charge in [-0.05, 0) is 12.1 Å². The summed E-state index contributed by atoms with van der Waals surface area (Å²) in [6.07, 6.45) is 5.74. The SMILES string of the molecule is C=CCN1C(=O)/C(=N/N=C\c2cn(CCC#N)c3ccccc23)c2ccccc21. The van der Waals surface area contributed by atoms with Crippen LogP contribution in [-0.4, -0.2) is 28.9 Å². The number of benzene rings is 2. The zero-order chi connectivity index (χ0) is 20.2. The maximum atomic E-state index is 12.8. The van der Waals surface area contributed by atoms with Crippen LogP contribution in [0, 0.1) is 11.3 Å². The van der Waals surface area contributed by atoms with Gasteiger partial charge in [0, 0.05) is 41.3 Å². The van der Waals surface area contributed by atoms with E-state index in [0.717, 1.165) is 27.7 Å². The molecule has 0 aliphatic carbocycles. The second kappa shape index (κ2) is 7.95. The standard InChI is InChI=1S/C23H19N5O/c1-2-13-28-21-11-6-4-9-19(21)22(23(28)29)26-25-15-17-16-27(14-7-12-24)20-10-5-3-8-18(17)20/h2-6,8-11,15-16H,1,7,13-14H2/b25-15-,26-22+. The molecule has 1 aliphatic rings. The average molecular weight is 381 g/mol. The van der Waals surface area contributed by atoms with Crippen molar-refractivity contribution in [2.45, 2.75) is 13.0 Å². The normalized spacial score (nSPS) is 14.7. The van der Waals surface area contributed by atoms with E-state index in [1.807, 2.05) is 59.3 Å². The van der Waals surface area contributed by atoms with Crippen molar-refractivity contribution >= 4 is 34.4 Å². The Morgan fingerprint density at radius 2 is 1.93 bits per heavy atom. The smallest absolute Gasteiger partial charge is 0.279 e. The molecular formula is C23H19N5O. The van der Waals surface area contributed by atoms with Gasteiger partial charge in [-0.3, -0.25) is 4.79 Å². The van der Waals surface area contributed by atoms with Crippen LogP contribution in [0.2, 0.25) is 0 Å². The molecule has 1 aliphatic heterocycles. The van der Waals surface area contributed by atoms with E-state index in [1.54, 1.807) is 17.2 Å². The summed E-state index contributed by atoms with van der Waals surface area (Å²) in [5.74, 6) is -0.181. The minimum absolute atomic E-state index is 0.181. The average Bonchev–Trinajstić information content (AvgIpc) is 3.23. The Kier molecular flexibility index (Phi) is 5.04. The van der Waals surface area contributed by atoms with Crippen LogP contribution in [0.4, 0.5) is 5.69 Å². The summed E-state index contributed by atoms with van der Waals surface area (Å²) >= 11 is 0. The molecule has 2 heterocycles. The van der Waals surface area contributed by atoms with Gasteiger partial charge < -0.3 is 9.47 Å². The van der Waals surface area contributed by atoms with Crippen LogP contribution in [0.15, 0.2) is 77.6 Å². The Bertz CT molecular complexity index is 1200. The molecule has 0 spiro atoms. The number of fused-ring (bicyclic) bond motifs is 2. The zero-order valence-corrected chi connectivity index (χ0v) is 15.8. The molecule has 0 N–H and O–H groups in total. The molecule has 6 heteroatoms. The Morgan fingerprint density at radius 3 is 2.76 bits per heavy atom. The predicted molar refractivity (Wildman–Crippen MR) is 115 cm³/mol. The van der Waals surface area contributed by atoms with Crippen molar-refractivity contribution in [3.8, 4) is 6.07 Å². The molecular weight excluding hydrogens is 362 g/mol. The van der Waals surface area contributed by atoms with Gasteiger partial charge in [-0.1, -0.05) is 42.5 Å². The molecule has 2 aromatic carbocycles. The van der Waals surface area contributed by atoms with E-state index in [9.17, 15) is 4.79 Å². The zero-order valence-electron chi connectivity index (χ0n) is 15.8. The van der Waals surface area contributed by atoms with Gasteiger partial charge in [-0.2, -0.15) is 10.4 Å². The van der Waals surface area contributed by atoms with Crippen LogP contribution in [0.3, 0.4) is 0 Å². The lowest BCUT2D eigenvalue weighted by Gasteiger charge is -2.13. The molecule has 0 saturated heterocycles.